The number of nitrogens with one attached hydrogen (secondary N) is 1. The molecule has 0 saturated heterocycles. The lowest BCUT2D eigenvalue weighted by atomic mass is 9.80. The molecular weight excluding hydrogens is 356 g/mol. The number of anilines is 1. The van der Waals surface area contributed by atoms with Gasteiger partial charge in [0.2, 0.25) is 0 Å². The molecule has 0 spiro atoms. The third kappa shape index (κ3) is 3.00. The molecule has 0 fully saturated rings. The summed E-state index contributed by atoms with van der Waals surface area (Å²) in [6, 6.07) is 17.0. The van der Waals surface area contributed by atoms with Crippen LogP contribution in [0.1, 0.15) is 44.2 Å². The van der Waals surface area contributed by atoms with Gasteiger partial charge in [-0.15, -0.1) is 0 Å². The fourth-order valence-corrected chi connectivity index (χ4v) is 4.73. The van der Waals surface area contributed by atoms with Crippen molar-refractivity contribution in [3.63, 3.8) is 0 Å². The number of benzene rings is 2. The van der Waals surface area contributed by atoms with E-state index in [4.69, 9.17) is 5.10 Å². The normalized spacial score (nSPS) is 17.7. The Morgan fingerprint density at radius 3 is 2.66 bits per heavy atom. The Labute approximate surface area is 171 Å². The highest BCUT2D eigenvalue weighted by Gasteiger charge is 2.30. The van der Waals surface area contributed by atoms with Crippen LogP contribution in [0.2, 0.25) is 0 Å². The van der Waals surface area contributed by atoms with E-state index in [9.17, 15) is 0 Å². The van der Waals surface area contributed by atoms with Crippen LogP contribution in [0, 0.1) is 6.92 Å². The summed E-state index contributed by atoms with van der Waals surface area (Å²) < 4.78 is 1.97. The van der Waals surface area contributed by atoms with Crippen LogP contribution < -0.4 is 5.32 Å². The van der Waals surface area contributed by atoms with E-state index in [0.29, 0.717) is 5.92 Å². The van der Waals surface area contributed by atoms with Crippen LogP contribution in [0.3, 0.4) is 0 Å². The van der Waals surface area contributed by atoms with E-state index < -0.39 is 0 Å². The molecule has 5 rings (SSSR count). The highest BCUT2D eigenvalue weighted by molar-refractivity contribution is 5.80. The van der Waals surface area contributed by atoms with E-state index in [-0.39, 0.29) is 5.54 Å². The summed E-state index contributed by atoms with van der Waals surface area (Å²) in [5, 5.41) is 8.44. The second kappa shape index (κ2) is 6.45. The minimum absolute atomic E-state index is 0.0959. The zero-order chi connectivity index (χ0) is 20.2. The number of nitrogens with zero attached hydrogens (tertiary/aromatic N) is 3. The lowest BCUT2D eigenvalue weighted by molar-refractivity contribution is 0.454. The largest absolute Gasteiger partial charge is 0.380 e. The maximum atomic E-state index is 4.70. The Kier molecular flexibility index (Phi) is 3.98. The van der Waals surface area contributed by atoms with E-state index in [1.54, 1.807) is 0 Å². The van der Waals surface area contributed by atoms with Crippen molar-refractivity contribution in [3.05, 3.63) is 72.1 Å². The lowest BCUT2D eigenvalue weighted by Gasteiger charge is -2.38. The van der Waals surface area contributed by atoms with E-state index >= 15 is 0 Å². The van der Waals surface area contributed by atoms with Crippen molar-refractivity contribution in [1.29, 1.82) is 0 Å². The van der Waals surface area contributed by atoms with Gasteiger partial charge in [-0.3, -0.25) is 0 Å². The van der Waals surface area contributed by atoms with Crippen molar-refractivity contribution >= 4 is 11.3 Å². The van der Waals surface area contributed by atoms with Gasteiger partial charge in [-0.05, 0) is 61.9 Å². The molecule has 1 aliphatic rings. The van der Waals surface area contributed by atoms with Gasteiger partial charge < -0.3 is 5.32 Å². The molecule has 29 heavy (non-hydrogen) atoms. The van der Waals surface area contributed by atoms with Crippen LogP contribution in [-0.2, 0) is 0 Å². The smallest absolute Gasteiger partial charge is 0.163 e. The molecule has 3 heterocycles. The summed E-state index contributed by atoms with van der Waals surface area (Å²) in [7, 11) is 0. The van der Waals surface area contributed by atoms with Gasteiger partial charge in [-0.25, -0.2) is 9.50 Å². The number of hydrogen-bond acceptors (Lipinski definition) is 3. The number of aromatic nitrogens is 3. The second-order valence-corrected chi connectivity index (χ2v) is 8.86. The predicted molar refractivity (Wildman–Crippen MR) is 119 cm³/mol. The SMILES string of the molecule is Cc1cc2c(cc1-c1ccnc3c(-c4ccccc4)cnn13)NC(C)(C)C[C@H]2C. The average Bonchev–Trinajstić information content (AvgIpc) is 3.13. The zero-order valence-corrected chi connectivity index (χ0v) is 17.4. The molecule has 0 bridgehead atoms. The molecule has 1 atom stereocenters. The van der Waals surface area contributed by atoms with Crippen molar-refractivity contribution in [2.45, 2.75) is 45.6 Å². The third-order valence-electron chi connectivity index (χ3n) is 5.98. The van der Waals surface area contributed by atoms with Crippen LogP contribution in [0.5, 0.6) is 0 Å². The second-order valence-electron chi connectivity index (χ2n) is 8.86. The molecule has 2 aromatic heterocycles. The van der Waals surface area contributed by atoms with Crippen molar-refractivity contribution in [2.24, 2.45) is 0 Å². The molecule has 2 aromatic carbocycles. The molecule has 0 aliphatic carbocycles. The van der Waals surface area contributed by atoms with Crippen LogP contribution in [0.15, 0.2) is 60.9 Å². The Morgan fingerprint density at radius 2 is 1.86 bits per heavy atom. The van der Waals surface area contributed by atoms with Gasteiger partial charge in [-0.2, -0.15) is 5.10 Å². The first kappa shape index (κ1) is 17.9. The Hall–Kier alpha value is -3.14. The Bertz CT molecular complexity index is 1200. The fourth-order valence-electron chi connectivity index (χ4n) is 4.73. The highest BCUT2D eigenvalue weighted by Crippen LogP contribution is 2.42. The van der Waals surface area contributed by atoms with Crippen molar-refractivity contribution in [1.82, 2.24) is 14.6 Å². The molecular formula is C25H26N4. The summed E-state index contributed by atoms with van der Waals surface area (Å²) in [6.07, 6.45) is 4.94. The third-order valence-corrected chi connectivity index (χ3v) is 5.98. The van der Waals surface area contributed by atoms with E-state index in [1.807, 2.05) is 35.1 Å². The topological polar surface area (TPSA) is 42.2 Å². The number of aryl methyl sites for hydroxylation is 1. The number of hydrogen-bond donors (Lipinski definition) is 1. The van der Waals surface area contributed by atoms with Crippen LogP contribution >= 0.6 is 0 Å². The van der Waals surface area contributed by atoms with Gasteiger partial charge in [-0.1, -0.05) is 43.3 Å². The molecule has 0 radical (unpaired) electrons. The van der Waals surface area contributed by atoms with Gasteiger partial charge in [0.15, 0.2) is 5.65 Å². The Balaban J connectivity index is 1.68. The molecule has 4 heteroatoms. The van der Waals surface area contributed by atoms with Crippen molar-refractivity contribution < 1.29 is 0 Å². The Morgan fingerprint density at radius 1 is 1.07 bits per heavy atom. The molecule has 146 valence electrons. The molecule has 0 amide bonds. The maximum absolute atomic E-state index is 4.70. The van der Waals surface area contributed by atoms with Gasteiger partial charge in [0.25, 0.3) is 0 Å². The van der Waals surface area contributed by atoms with Crippen LogP contribution in [0.25, 0.3) is 28.0 Å². The van der Waals surface area contributed by atoms with Gasteiger partial charge in [0, 0.05) is 28.6 Å². The zero-order valence-electron chi connectivity index (χ0n) is 17.4. The van der Waals surface area contributed by atoms with E-state index in [1.165, 1.54) is 22.4 Å². The molecule has 4 aromatic rings. The quantitative estimate of drug-likeness (QED) is 0.457. The molecule has 1 aliphatic heterocycles. The van der Waals surface area contributed by atoms with Crippen LogP contribution in [0.4, 0.5) is 5.69 Å². The standard InChI is InChI=1S/C25H26N4/c1-16-12-19-17(2)14-25(3,4)28-22(19)13-20(16)23-10-11-26-24-21(15-27-29(23)24)18-8-6-5-7-9-18/h5-13,15,17,28H,14H2,1-4H3/t17-/m1/s1. The van der Waals surface area contributed by atoms with Crippen molar-refractivity contribution in [2.75, 3.05) is 5.32 Å². The minimum atomic E-state index is 0.0959. The van der Waals surface area contributed by atoms with Gasteiger partial charge in [0.1, 0.15) is 0 Å². The first-order chi connectivity index (χ1) is 13.9. The summed E-state index contributed by atoms with van der Waals surface area (Å²) in [5.74, 6) is 0.542. The molecule has 1 N–H and O–H groups in total. The number of rotatable bonds is 2. The monoisotopic (exact) mass is 382 g/mol. The highest BCUT2D eigenvalue weighted by atomic mass is 15.3. The molecule has 0 unspecified atom stereocenters. The fraction of sp³-hybridized carbons (Fsp3) is 0.280. The molecule has 4 nitrogen and oxygen atoms in total. The van der Waals surface area contributed by atoms with Gasteiger partial charge >= 0.3 is 0 Å². The first-order valence-electron chi connectivity index (χ1n) is 10.2. The lowest BCUT2D eigenvalue weighted by Crippen LogP contribution is -2.36. The maximum Gasteiger partial charge on any atom is 0.163 e. The van der Waals surface area contributed by atoms with E-state index in [2.05, 4.69) is 68.3 Å². The number of fused-ring (bicyclic) bond motifs is 2. The first-order valence-corrected chi connectivity index (χ1v) is 10.2. The summed E-state index contributed by atoms with van der Waals surface area (Å²) in [4.78, 5) is 4.64. The van der Waals surface area contributed by atoms with Crippen LogP contribution in [-0.4, -0.2) is 20.1 Å². The molecule has 0 saturated carbocycles. The summed E-state index contributed by atoms with van der Waals surface area (Å²) in [6.45, 7) is 9.06. The average molecular weight is 383 g/mol. The predicted octanol–water partition coefficient (Wildman–Crippen LogP) is 6.07. The van der Waals surface area contributed by atoms with E-state index in [0.717, 1.165) is 28.9 Å². The summed E-state index contributed by atoms with van der Waals surface area (Å²) in [5.41, 5.74) is 9.32. The van der Waals surface area contributed by atoms with Gasteiger partial charge in [0.05, 0.1) is 11.9 Å². The summed E-state index contributed by atoms with van der Waals surface area (Å²) >= 11 is 0. The van der Waals surface area contributed by atoms with Crippen molar-refractivity contribution in [3.8, 4) is 22.4 Å². The minimum Gasteiger partial charge on any atom is -0.380 e.